The van der Waals surface area contributed by atoms with Crippen LogP contribution in [0.4, 0.5) is 0 Å². The van der Waals surface area contributed by atoms with Gasteiger partial charge in [0.1, 0.15) is 5.78 Å². The van der Waals surface area contributed by atoms with Crippen molar-refractivity contribution in [1.29, 1.82) is 0 Å². The largest absolute Gasteiger partial charge is 0.313 e. The minimum absolute atomic E-state index is 0.146. The SMILES string of the molecule is CC(=O)C(C)(CCC(C)C)CNC1CC1. The third-order valence-corrected chi connectivity index (χ3v) is 3.48. The van der Waals surface area contributed by atoms with Gasteiger partial charge in [0.15, 0.2) is 0 Å². The minimum atomic E-state index is -0.146. The molecule has 2 heteroatoms. The molecule has 15 heavy (non-hydrogen) atoms. The molecule has 0 aliphatic heterocycles. The standard InChI is InChI=1S/C13H25NO/c1-10(2)7-8-13(4,11(3)15)9-14-12-5-6-12/h10,12,14H,5-9H2,1-4H3. The molecule has 1 unspecified atom stereocenters. The summed E-state index contributed by atoms with van der Waals surface area (Å²) in [6.45, 7) is 9.13. The first-order valence-electron chi connectivity index (χ1n) is 6.18. The maximum Gasteiger partial charge on any atom is 0.136 e. The molecule has 88 valence electrons. The summed E-state index contributed by atoms with van der Waals surface area (Å²) in [5, 5.41) is 3.48. The van der Waals surface area contributed by atoms with E-state index < -0.39 is 0 Å². The molecule has 1 rings (SSSR count). The van der Waals surface area contributed by atoms with Crippen LogP contribution in [0.2, 0.25) is 0 Å². The van der Waals surface area contributed by atoms with Crippen molar-refractivity contribution >= 4 is 5.78 Å². The fourth-order valence-corrected chi connectivity index (χ4v) is 1.65. The van der Waals surface area contributed by atoms with Gasteiger partial charge in [-0.15, -0.1) is 0 Å². The van der Waals surface area contributed by atoms with E-state index in [-0.39, 0.29) is 5.41 Å². The van der Waals surface area contributed by atoms with Gasteiger partial charge in [0.05, 0.1) is 0 Å². The summed E-state index contributed by atoms with van der Waals surface area (Å²) in [6.07, 6.45) is 4.73. The Bertz CT molecular complexity index is 213. The fourth-order valence-electron chi connectivity index (χ4n) is 1.65. The summed E-state index contributed by atoms with van der Waals surface area (Å²) in [5.41, 5.74) is -0.146. The van der Waals surface area contributed by atoms with Gasteiger partial charge in [0, 0.05) is 18.0 Å². The average molecular weight is 211 g/mol. The normalized spacial score (nSPS) is 20.3. The molecule has 0 heterocycles. The number of Topliss-reactive ketones (excluding diaryl/α,β-unsaturated/α-hetero) is 1. The van der Waals surface area contributed by atoms with Crippen LogP contribution in [0, 0.1) is 11.3 Å². The predicted molar refractivity (Wildman–Crippen MR) is 63.9 cm³/mol. The van der Waals surface area contributed by atoms with E-state index in [0.717, 1.165) is 19.4 Å². The number of rotatable bonds is 7. The number of carbonyl (C=O) groups excluding carboxylic acids is 1. The van der Waals surface area contributed by atoms with Crippen molar-refractivity contribution in [3.63, 3.8) is 0 Å². The maximum absolute atomic E-state index is 11.7. The topological polar surface area (TPSA) is 29.1 Å². The van der Waals surface area contributed by atoms with Gasteiger partial charge in [-0.1, -0.05) is 20.8 Å². The second-order valence-corrected chi connectivity index (χ2v) is 5.70. The molecule has 0 aromatic rings. The zero-order valence-corrected chi connectivity index (χ0v) is 10.6. The Hall–Kier alpha value is -0.370. The summed E-state index contributed by atoms with van der Waals surface area (Å²) in [7, 11) is 0. The molecule has 1 atom stereocenters. The smallest absolute Gasteiger partial charge is 0.136 e. The van der Waals surface area contributed by atoms with E-state index in [4.69, 9.17) is 0 Å². The molecule has 0 saturated heterocycles. The first kappa shape index (κ1) is 12.7. The van der Waals surface area contributed by atoms with Gasteiger partial charge in [-0.3, -0.25) is 4.79 Å². The van der Waals surface area contributed by atoms with E-state index in [9.17, 15) is 4.79 Å². The second-order valence-electron chi connectivity index (χ2n) is 5.70. The van der Waals surface area contributed by atoms with E-state index in [0.29, 0.717) is 17.7 Å². The van der Waals surface area contributed by atoms with Crippen LogP contribution in [0.1, 0.15) is 53.4 Å². The van der Waals surface area contributed by atoms with Crippen molar-refractivity contribution in [1.82, 2.24) is 5.32 Å². The molecular weight excluding hydrogens is 186 g/mol. The molecule has 1 aliphatic carbocycles. The third-order valence-electron chi connectivity index (χ3n) is 3.48. The van der Waals surface area contributed by atoms with Gasteiger partial charge < -0.3 is 5.32 Å². The summed E-state index contributed by atoms with van der Waals surface area (Å²) in [5.74, 6) is 1.01. The molecular formula is C13H25NO. The lowest BCUT2D eigenvalue weighted by Gasteiger charge is -2.28. The molecule has 0 bridgehead atoms. The number of carbonyl (C=O) groups is 1. The van der Waals surface area contributed by atoms with E-state index in [2.05, 4.69) is 26.1 Å². The minimum Gasteiger partial charge on any atom is -0.313 e. The van der Waals surface area contributed by atoms with Crippen molar-refractivity contribution in [2.24, 2.45) is 11.3 Å². The average Bonchev–Trinajstić information content (AvgIpc) is 2.94. The number of nitrogens with one attached hydrogen (secondary N) is 1. The van der Waals surface area contributed by atoms with Gasteiger partial charge in [0.25, 0.3) is 0 Å². The van der Waals surface area contributed by atoms with E-state index >= 15 is 0 Å². The lowest BCUT2D eigenvalue weighted by atomic mass is 9.80. The first-order valence-corrected chi connectivity index (χ1v) is 6.18. The molecule has 1 saturated carbocycles. The van der Waals surface area contributed by atoms with E-state index in [1.165, 1.54) is 12.8 Å². The second kappa shape index (κ2) is 5.11. The van der Waals surface area contributed by atoms with Crippen LogP contribution in [0.3, 0.4) is 0 Å². The molecule has 0 amide bonds. The Morgan fingerprint density at radius 1 is 1.47 bits per heavy atom. The van der Waals surface area contributed by atoms with Crippen LogP contribution in [-0.4, -0.2) is 18.4 Å². The molecule has 0 radical (unpaired) electrons. The van der Waals surface area contributed by atoms with E-state index in [1.807, 2.05) is 0 Å². The van der Waals surface area contributed by atoms with E-state index in [1.54, 1.807) is 6.92 Å². The summed E-state index contributed by atoms with van der Waals surface area (Å²) < 4.78 is 0. The zero-order valence-electron chi connectivity index (χ0n) is 10.6. The lowest BCUT2D eigenvalue weighted by molar-refractivity contribution is -0.126. The van der Waals surface area contributed by atoms with Crippen molar-refractivity contribution in [2.75, 3.05) is 6.54 Å². The van der Waals surface area contributed by atoms with Crippen LogP contribution in [0.5, 0.6) is 0 Å². The van der Waals surface area contributed by atoms with Gasteiger partial charge in [-0.25, -0.2) is 0 Å². The first-order chi connectivity index (χ1) is 6.94. The molecule has 1 fully saturated rings. The molecule has 0 aromatic carbocycles. The third kappa shape index (κ3) is 4.33. The van der Waals surface area contributed by atoms with Gasteiger partial charge in [-0.2, -0.15) is 0 Å². The van der Waals surface area contributed by atoms with Gasteiger partial charge >= 0.3 is 0 Å². The number of hydrogen-bond acceptors (Lipinski definition) is 2. The molecule has 1 N–H and O–H groups in total. The predicted octanol–water partition coefficient (Wildman–Crippen LogP) is 2.77. The molecule has 1 aliphatic rings. The van der Waals surface area contributed by atoms with Crippen LogP contribution in [0.25, 0.3) is 0 Å². The van der Waals surface area contributed by atoms with Crippen LogP contribution < -0.4 is 5.32 Å². The summed E-state index contributed by atoms with van der Waals surface area (Å²) >= 11 is 0. The van der Waals surface area contributed by atoms with Gasteiger partial charge in [0.2, 0.25) is 0 Å². The number of hydrogen-bond donors (Lipinski definition) is 1. The highest BCUT2D eigenvalue weighted by molar-refractivity contribution is 5.82. The quantitative estimate of drug-likeness (QED) is 0.701. The highest BCUT2D eigenvalue weighted by Gasteiger charge is 2.32. The van der Waals surface area contributed by atoms with Crippen LogP contribution >= 0.6 is 0 Å². The molecule has 2 nitrogen and oxygen atoms in total. The van der Waals surface area contributed by atoms with Crippen molar-refractivity contribution in [3.8, 4) is 0 Å². The van der Waals surface area contributed by atoms with Crippen molar-refractivity contribution in [3.05, 3.63) is 0 Å². The van der Waals surface area contributed by atoms with Crippen molar-refractivity contribution < 1.29 is 4.79 Å². The van der Waals surface area contributed by atoms with Crippen LogP contribution in [-0.2, 0) is 4.79 Å². The fraction of sp³-hybridized carbons (Fsp3) is 0.923. The highest BCUT2D eigenvalue weighted by atomic mass is 16.1. The summed E-state index contributed by atoms with van der Waals surface area (Å²) in [6, 6.07) is 0.697. The lowest BCUT2D eigenvalue weighted by Crippen LogP contribution is -2.38. The monoisotopic (exact) mass is 211 g/mol. The molecule has 0 spiro atoms. The summed E-state index contributed by atoms with van der Waals surface area (Å²) in [4.78, 5) is 11.7. The Labute approximate surface area is 93.8 Å². The van der Waals surface area contributed by atoms with Gasteiger partial charge in [-0.05, 0) is 38.5 Å². The van der Waals surface area contributed by atoms with Crippen LogP contribution in [0.15, 0.2) is 0 Å². The Morgan fingerprint density at radius 3 is 2.47 bits per heavy atom. The Kier molecular flexibility index (Phi) is 4.32. The molecule has 0 aromatic heterocycles. The maximum atomic E-state index is 11.7. The highest BCUT2D eigenvalue weighted by Crippen LogP contribution is 2.28. The Morgan fingerprint density at radius 2 is 2.07 bits per heavy atom. The zero-order chi connectivity index (χ0) is 11.5. The Balaban J connectivity index is 2.39. The van der Waals surface area contributed by atoms with Crippen molar-refractivity contribution in [2.45, 2.75) is 59.4 Å². The number of ketones is 1.